The zero-order valence-corrected chi connectivity index (χ0v) is 12.5. The molecule has 0 aliphatic heterocycles. The van der Waals surface area contributed by atoms with Crippen LogP contribution in [0.3, 0.4) is 0 Å². The molecule has 106 valence electrons. The van der Waals surface area contributed by atoms with Gasteiger partial charge in [-0.1, -0.05) is 37.6 Å². The van der Waals surface area contributed by atoms with Crippen LogP contribution in [0.5, 0.6) is 0 Å². The summed E-state index contributed by atoms with van der Waals surface area (Å²) in [6, 6.07) is 8.85. The first kappa shape index (κ1) is 14.5. The van der Waals surface area contributed by atoms with Crippen molar-refractivity contribution in [3.05, 3.63) is 35.4 Å². The van der Waals surface area contributed by atoms with Gasteiger partial charge >= 0.3 is 0 Å². The van der Waals surface area contributed by atoms with Gasteiger partial charge in [-0.15, -0.1) is 0 Å². The van der Waals surface area contributed by atoms with Crippen molar-refractivity contribution in [1.29, 1.82) is 0 Å². The van der Waals surface area contributed by atoms with Gasteiger partial charge in [0.2, 0.25) is 0 Å². The molecule has 0 amide bonds. The first-order valence-corrected chi connectivity index (χ1v) is 7.75. The average Bonchev–Trinajstić information content (AvgIpc) is 2.36. The zero-order chi connectivity index (χ0) is 13.5. The molecule has 1 aromatic carbocycles. The third-order valence-electron chi connectivity index (χ3n) is 4.10. The van der Waals surface area contributed by atoms with Crippen LogP contribution in [0.4, 0.5) is 0 Å². The smallest absolute Gasteiger partial charge is 0.0234 e. The normalized spacial score (nSPS) is 15.7. The van der Waals surface area contributed by atoms with E-state index in [0.29, 0.717) is 0 Å². The van der Waals surface area contributed by atoms with E-state index in [1.165, 1.54) is 43.4 Å². The Labute approximate surface area is 118 Å². The lowest BCUT2D eigenvalue weighted by molar-refractivity contribution is 0.200. The highest BCUT2D eigenvalue weighted by Crippen LogP contribution is 2.27. The topological polar surface area (TPSA) is 15.3 Å². The Bertz CT molecular complexity index is 371. The molecule has 2 heteroatoms. The van der Waals surface area contributed by atoms with Crippen molar-refractivity contribution in [2.75, 3.05) is 20.1 Å². The first-order chi connectivity index (χ1) is 9.29. The van der Waals surface area contributed by atoms with Gasteiger partial charge in [0.1, 0.15) is 0 Å². The van der Waals surface area contributed by atoms with Crippen molar-refractivity contribution >= 4 is 0 Å². The maximum Gasteiger partial charge on any atom is 0.0234 e. The van der Waals surface area contributed by atoms with Crippen molar-refractivity contribution in [2.45, 2.75) is 45.7 Å². The van der Waals surface area contributed by atoms with E-state index in [-0.39, 0.29) is 0 Å². The molecule has 19 heavy (non-hydrogen) atoms. The van der Waals surface area contributed by atoms with Gasteiger partial charge in [-0.25, -0.2) is 0 Å². The Hall–Kier alpha value is -0.860. The predicted octanol–water partition coefficient (Wildman–Crippen LogP) is 3.42. The van der Waals surface area contributed by atoms with Gasteiger partial charge in [0.05, 0.1) is 0 Å². The molecule has 0 aromatic heterocycles. The summed E-state index contributed by atoms with van der Waals surface area (Å²) in [5, 5.41) is 3.51. The van der Waals surface area contributed by atoms with E-state index in [0.717, 1.165) is 25.6 Å². The quantitative estimate of drug-likeness (QED) is 0.721. The average molecular weight is 260 g/mol. The Kier molecular flexibility index (Phi) is 5.87. The SMILES string of the molecule is CCCNCc1ccccc1CN(C)CC1CCC1. The third kappa shape index (κ3) is 4.63. The molecule has 1 aliphatic rings. The highest BCUT2D eigenvalue weighted by Gasteiger charge is 2.19. The molecule has 1 aromatic rings. The fraction of sp³-hybridized carbons (Fsp3) is 0.647. The summed E-state index contributed by atoms with van der Waals surface area (Å²) in [5.74, 6) is 0.954. The van der Waals surface area contributed by atoms with Crippen LogP contribution in [0.25, 0.3) is 0 Å². The lowest BCUT2D eigenvalue weighted by Crippen LogP contribution is -2.29. The number of hydrogen-bond acceptors (Lipinski definition) is 2. The van der Waals surface area contributed by atoms with Crippen LogP contribution in [-0.4, -0.2) is 25.0 Å². The number of hydrogen-bond donors (Lipinski definition) is 1. The van der Waals surface area contributed by atoms with E-state index in [4.69, 9.17) is 0 Å². The van der Waals surface area contributed by atoms with E-state index in [2.05, 4.69) is 48.5 Å². The monoisotopic (exact) mass is 260 g/mol. The van der Waals surface area contributed by atoms with Crippen molar-refractivity contribution in [3.8, 4) is 0 Å². The van der Waals surface area contributed by atoms with Crippen LogP contribution in [0.2, 0.25) is 0 Å². The molecule has 1 aliphatic carbocycles. The molecule has 1 saturated carbocycles. The van der Waals surface area contributed by atoms with Crippen molar-refractivity contribution in [2.24, 2.45) is 5.92 Å². The second kappa shape index (κ2) is 7.66. The van der Waals surface area contributed by atoms with Gasteiger partial charge in [0.15, 0.2) is 0 Å². The van der Waals surface area contributed by atoms with E-state index in [1.54, 1.807) is 0 Å². The summed E-state index contributed by atoms with van der Waals surface area (Å²) in [7, 11) is 2.26. The minimum Gasteiger partial charge on any atom is -0.313 e. The number of nitrogens with one attached hydrogen (secondary N) is 1. The molecule has 0 saturated heterocycles. The zero-order valence-electron chi connectivity index (χ0n) is 12.5. The molecule has 1 N–H and O–H groups in total. The van der Waals surface area contributed by atoms with Gasteiger partial charge in [-0.05, 0) is 49.9 Å². The molecule has 0 spiro atoms. The highest BCUT2D eigenvalue weighted by molar-refractivity contribution is 5.26. The molecule has 2 nitrogen and oxygen atoms in total. The summed E-state index contributed by atoms with van der Waals surface area (Å²) in [4.78, 5) is 2.49. The van der Waals surface area contributed by atoms with Crippen LogP contribution in [0.15, 0.2) is 24.3 Å². The van der Waals surface area contributed by atoms with Gasteiger partial charge < -0.3 is 10.2 Å². The Morgan fingerprint density at radius 2 is 1.95 bits per heavy atom. The lowest BCUT2D eigenvalue weighted by Gasteiger charge is -2.30. The van der Waals surface area contributed by atoms with Crippen molar-refractivity contribution < 1.29 is 0 Å². The summed E-state index contributed by atoms with van der Waals surface area (Å²) in [6.45, 7) is 6.66. The van der Waals surface area contributed by atoms with Gasteiger partial charge in [-0.3, -0.25) is 0 Å². The molecule has 0 bridgehead atoms. The molecule has 0 heterocycles. The largest absolute Gasteiger partial charge is 0.313 e. The van der Waals surface area contributed by atoms with E-state index in [1.807, 2.05) is 0 Å². The third-order valence-corrected chi connectivity index (χ3v) is 4.10. The Balaban J connectivity index is 1.86. The van der Waals surface area contributed by atoms with Crippen molar-refractivity contribution in [1.82, 2.24) is 10.2 Å². The molecule has 1 fully saturated rings. The maximum absolute atomic E-state index is 3.51. The highest BCUT2D eigenvalue weighted by atomic mass is 15.1. The second-order valence-corrected chi connectivity index (χ2v) is 5.94. The Morgan fingerprint density at radius 3 is 2.58 bits per heavy atom. The van der Waals surface area contributed by atoms with Crippen LogP contribution in [0, 0.1) is 5.92 Å². The van der Waals surface area contributed by atoms with E-state index >= 15 is 0 Å². The summed E-state index contributed by atoms with van der Waals surface area (Å²) >= 11 is 0. The van der Waals surface area contributed by atoms with Crippen molar-refractivity contribution in [3.63, 3.8) is 0 Å². The number of nitrogens with zero attached hydrogens (tertiary/aromatic N) is 1. The molecule has 0 radical (unpaired) electrons. The van der Waals surface area contributed by atoms with Crippen LogP contribution >= 0.6 is 0 Å². The number of rotatable bonds is 8. The lowest BCUT2D eigenvalue weighted by atomic mass is 9.85. The standard InChI is InChI=1S/C17H28N2/c1-3-11-18-12-16-9-4-5-10-17(16)14-19(2)13-15-7-6-8-15/h4-5,9-10,15,18H,3,6-8,11-14H2,1-2H3. The first-order valence-electron chi connectivity index (χ1n) is 7.75. The van der Waals surface area contributed by atoms with E-state index < -0.39 is 0 Å². The fourth-order valence-corrected chi connectivity index (χ4v) is 2.76. The van der Waals surface area contributed by atoms with E-state index in [9.17, 15) is 0 Å². The molecule has 0 atom stereocenters. The maximum atomic E-state index is 3.51. The fourth-order valence-electron chi connectivity index (χ4n) is 2.76. The minimum atomic E-state index is 0.954. The summed E-state index contributed by atoms with van der Waals surface area (Å²) in [5.41, 5.74) is 2.93. The number of benzene rings is 1. The predicted molar refractivity (Wildman–Crippen MR) is 82.1 cm³/mol. The second-order valence-electron chi connectivity index (χ2n) is 5.94. The van der Waals surface area contributed by atoms with Crippen LogP contribution in [0.1, 0.15) is 43.7 Å². The molecular weight excluding hydrogens is 232 g/mol. The Morgan fingerprint density at radius 1 is 1.21 bits per heavy atom. The summed E-state index contributed by atoms with van der Waals surface area (Å²) in [6.07, 6.45) is 5.51. The van der Waals surface area contributed by atoms with Gasteiger partial charge in [0, 0.05) is 19.6 Å². The molecule has 2 rings (SSSR count). The van der Waals surface area contributed by atoms with Gasteiger partial charge in [0.25, 0.3) is 0 Å². The van der Waals surface area contributed by atoms with Crippen LogP contribution < -0.4 is 5.32 Å². The summed E-state index contributed by atoms with van der Waals surface area (Å²) < 4.78 is 0. The minimum absolute atomic E-state index is 0.954. The molecule has 0 unspecified atom stereocenters. The van der Waals surface area contributed by atoms with Gasteiger partial charge in [-0.2, -0.15) is 0 Å². The molecular formula is C17H28N2. The van der Waals surface area contributed by atoms with Crippen LogP contribution in [-0.2, 0) is 13.1 Å².